The van der Waals surface area contributed by atoms with E-state index in [0.29, 0.717) is 5.75 Å². The molecule has 1 saturated heterocycles. The van der Waals surface area contributed by atoms with Crippen LogP contribution in [-0.2, 0) is 6.18 Å². The second-order valence-corrected chi connectivity index (χ2v) is 8.82. The molecule has 3 heterocycles. The van der Waals surface area contributed by atoms with Crippen molar-refractivity contribution in [3.63, 3.8) is 0 Å². The van der Waals surface area contributed by atoms with Crippen LogP contribution in [0.4, 0.5) is 22.4 Å². The highest BCUT2D eigenvalue weighted by atomic mass is 19.4. The highest BCUT2D eigenvalue weighted by Crippen LogP contribution is 2.34. The van der Waals surface area contributed by atoms with Crippen molar-refractivity contribution in [3.8, 4) is 17.0 Å². The first-order valence-electron chi connectivity index (χ1n) is 11.7. The summed E-state index contributed by atoms with van der Waals surface area (Å²) in [6.45, 7) is 2.19. The van der Waals surface area contributed by atoms with Crippen molar-refractivity contribution in [2.45, 2.75) is 19.1 Å². The molecule has 196 valence electrons. The van der Waals surface area contributed by atoms with Crippen molar-refractivity contribution < 1.29 is 31.9 Å². The predicted octanol–water partition coefficient (Wildman–Crippen LogP) is 4.90. The Hall–Kier alpha value is -4.48. The molecule has 0 spiro atoms. The molecule has 0 bridgehead atoms. The average molecular weight is 527 g/mol. The van der Waals surface area contributed by atoms with Crippen molar-refractivity contribution in [2.75, 3.05) is 19.6 Å². The monoisotopic (exact) mass is 527 g/mol. The molecule has 4 aromatic rings. The lowest BCUT2D eigenvalue weighted by Crippen LogP contribution is -2.56. The van der Waals surface area contributed by atoms with Crippen LogP contribution in [0.15, 0.2) is 66.9 Å². The van der Waals surface area contributed by atoms with E-state index >= 15 is 0 Å². The summed E-state index contributed by atoms with van der Waals surface area (Å²) in [5.74, 6) is -0.736. The number of para-hydroxylation sites is 1. The lowest BCUT2D eigenvalue weighted by atomic mass is 10.1. The molecule has 0 aliphatic carbocycles. The lowest BCUT2D eigenvalue weighted by molar-refractivity contribution is -0.136. The molecular weight excluding hydrogens is 506 g/mol. The summed E-state index contributed by atoms with van der Waals surface area (Å²) in [5, 5.41) is 4.18. The van der Waals surface area contributed by atoms with Crippen molar-refractivity contribution >= 4 is 17.6 Å². The van der Waals surface area contributed by atoms with Crippen LogP contribution in [0.2, 0.25) is 0 Å². The van der Waals surface area contributed by atoms with Crippen LogP contribution in [0, 0.1) is 5.82 Å². The van der Waals surface area contributed by atoms with Gasteiger partial charge in [0, 0.05) is 31.2 Å². The van der Waals surface area contributed by atoms with Gasteiger partial charge in [-0.15, -0.1) is 0 Å². The van der Waals surface area contributed by atoms with Crippen LogP contribution in [0.5, 0.6) is 5.75 Å². The van der Waals surface area contributed by atoms with Gasteiger partial charge in [-0.1, -0.05) is 18.2 Å². The minimum Gasteiger partial charge on any atom is -0.410 e. The molecule has 38 heavy (non-hydrogen) atoms. The predicted molar refractivity (Wildman–Crippen MR) is 128 cm³/mol. The zero-order valence-electron chi connectivity index (χ0n) is 20.0. The number of rotatable bonds is 3. The highest BCUT2D eigenvalue weighted by molar-refractivity contribution is 5.93. The van der Waals surface area contributed by atoms with Crippen LogP contribution in [0.1, 0.15) is 23.0 Å². The molecule has 8 nitrogen and oxygen atoms in total. The largest absolute Gasteiger partial charge is 0.420 e. The van der Waals surface area contributed by atoms with Crippen molar-refractivity contribution in [1.82, 2.24) is 24.4 Å². The van der Waals surface area contributed by atoms with Gasteiger partial charge in [0.05, 0.1) is 11.9 Å². The standard InChI is InChI=1S/C26H21F4N5O3/c1-16-14-33(11-12-34(16)25(37)38-19-5-3-2-4-6-19)24(36)22-15-35-23(31-22)20(26(28,29)30)13-21(32-35)17-7-9-18(27)10-8-17/h2-10,13,15-16H,11-12,14H2,1H3/t16-/m0/s1. The lowest BCUT2D eigenvalue weighted by Gasteiger charge is -2.38. The van der Waals surface area contributed by atoms with E-state index in [0.717, 1.165) is 28.9 Å². The van der Waals surface area contributed by atoms with Crippen LogP contribution >= 0.6 is 0 Å². The van der Waals surface area contributed by atoms with Gasteiger partial charge in [-0.05, 0) is 49.4 Å². The first-order valence-corrected chi connectivity index (χ1v) is 11.7. The summed E-state index contributed by atoms with van der Waals surface area (Å²) in [4.78, 5) is 32.7. The van der Waals surface area contributed by atoms with Crippen LogP contribution in [0.3, 0.4) is 0 Å². The Balaban J connectivity index is 1.38. The number of fused-ring (bicyclic) bond motifs is 1. The van der Waals surface area contributed by atoms with E-state index in [4.69, 9.17) is 4.74 Å². The third kappa shape index (κ3) is 5.01. The minimum atomic E-state index is -4.77. The number of carbonyl (C=O) groups excluding carboxylic acids is 2. The van der Waals surface area contributed by atoms with E-state index in [1.54, 1.807) is 37.3 Å². The number of hydrogen-bond acceptors (Lipinski definition) is 5. The third-order valence-corrected chi connectivity index (χ3v) is 6.19. The van der Waals surface area contributed by atoms with Gasteiger partial charge in [0.1, 0.15) is 22.8 Å². The molecule has 0 radical (unpaired) electrons. The van der Waals surface area contributed by atoms with Gasteiger partial charge in [-0.3, -0.25) is 4.79 Å². The topological polar surface area (TPSA) is 80.0 Å². The zero-order valence-corrected chi connectivity index (χ0v) is 20.0. The molecule has 2 amide bonds. The Kier molecular flexibility index (Phi) is 6.47. The van der Waals surface area contributed by atoms with E-state index in [2.05, 4.69) is 10.1 Å². The van der Waals surface area contributed by atoms with Crippen LogP contribution in [-0.4, -0.2) is 62.1 Å². The number of carbonyl (C=O) groups is 2. The molecule has 2 aromatic carbocycles. The van der Waals surface area contributed by atoms with Gasteiger partial charge in [0.15, 0.2) is 5.65 Å². The van der Waals surface area contributed by atoms with E-state index in [1.165, 1.54) is 21.9 Å². The number of nitrogens with zero attached hydrogens (tertiary/aromatic N) is 5. The van der Waals surface area contributed by atoms with Crippen LogP contribution < -0.4 is 4.74 Å². The fourth-order valence-corrected chi connectivity index (χ4v) is 4.27. The van der Waals surface area contributed by atoms with E-state index in [1.807, 2.05) is 0 Å². The minimum absolute atomic E-state index is 0.0552. The fourth-order valence-electron chi connectivity index (χ4n) is 4.27. The third-order valence-electron chi connectivity index (χ3n) is 6.19. The normalized spacial score (nSPS) is 16.1. The quantitative estimate of drug-likeness (QED) is 0.354. The maximum atomic E-state index is 13.9. The number of benzene rings is 2. The average Bonchev–Trinajstić information content (AvgIpc) is 3.32. The van der Waals surface area contributed by atoms with Crippen molar-refractivity contribution in [2.24, 2.45) is 0 Å². The number of alkyl halides is 3. The summed E-state index contributed by atoms with van der Waals surface area (Å²) in [6, 6.07) is 13.8. The van der Waals surface area contributed by atoms with Crippen molar-refractivity contribution in [1.29, 1.82) is 0 Å². The summed E-state index contributed by atoms with van der Waals surface area (Å²) < 4.78 is 61.2. The Morgan fingerprint density at radius 1 is 1.03 bits per heavy atom. The second kappa shape index (κ2) is 9.77. The first-order chi connectivity index (χ1) is 18.1. The number of hydrogen-bond donors (Lipinski definition) is 0. The Labute approximate surface area is 214 Å². The molecule has 12 heteroatoms. The van der Waals surface area contributed by atoms with Crippen molar-refractivity contribution in [3.05, 3.63) is 83.9 Å². The maximum absolute atomic E-state index is 13.9. The summed E-state index contributed by atoms with van der Waals surface area (Å²) >= 11 is 0. The van der Waals surface area contributed by atoms with E-state index in [-0.39, 0.29) is 36.6 Å². The van der Waals surface area contributed by atoms with Gasteiger partial charge in [0.25, 0.3) is 5.91 Å². The van der Waals surface area contributed by atoms with Gasteiger partial charge in [-0.25, -0.2) is 18.7 Å². The summed E-state index contributed by atoms with van der Waals surface area (Å²) in [5.41, 5.74) is -1.60. The maximum Gasteiger partial charge on any atom is 0.420 e. The van der Waals surface area contributed by atoms with Gasteiger partial charge >= 0.3 is 12.3 Å². The molecule has 0 saturated carbocycles. The van der Waals surface area contributed by atoms with Gasteiger partial charge in [-0.2, -0.15) is 18.3 Å². The Morgan fingerprint density at radius 2 is 1.74 bits per heavy atom. The molecule has 0 unspecified atom stereocenters. The molecule has 5 rings (SSSR count). The SMILES string of the molecule is C[C@H]1CN(C(=O)c2cn3nc(-c4ccc(F)cc4)cc(C(F)(F)F)c3n2)CCN1C(=O)Oc1ccccc1. The van der Waals surface area contributed by atoms with E-state index in [9.17, 15) is 27.2 Å². The van der Waals surface area contributed by atoms with Gasteiger partial charge < -0.3 is 14.5 Å². The number of piperazine rings is 1. The molecule has 2 aromatic heterocycles. The molecule has 1 aliphatic heterocycles. The molecule has 1 atom stereocenters. The molecule has 1 fully saturated rings. The fraction of sp³-hybridized carbons (Fsp3) is 0.231. The second-order valence-electron chi connectivity index (χ2n) is 8.82. The summed E-state index contributed by atoms with van der Waals surface area (Å²) in [7, 11) is 0. The highest BCUT2D eigenvalue weighted by Gasteiger charge is 2.37. The Morgan fingerprint density at radius 3 is 2.39 bits per heavy atom. The molecular formula is C26H21F4N5O3. The van der Waals surface area contributed by atoms with E-state index < -0.39 is 41.2 Å². The number of halogens is 4. The summed E-state index contributed by atoms with van der Waals surface area (Å²) in [6.07, 6.45) is -4.19. The smallest absolute Gasteiger partial charge is 0.410 e. The zero-order chi connectivity index (χ0) is 27.0. The molecule has 1 aliphatic rings. The number of amides is 2. The number of aromatic nitrogens is 3. The Bertz CT molecular complexity index is 1490. The first kappa shape index (κ1) is 25.2. The van der Waals surface area contributed by atoms with Gasteiger partial charge in [0.2, 0.25) is 0 Å². The number of imidazole rings is 1. The number of ether oxygens (including phenoxy) is 1. The van der Waals surface area contributed by atoms with Crippen LogP contribution in [0.25, 0.3) is 16.9 Å². The molecule has 0 N–H and O–H groups in total.